The van der Waals surface area contributed by atoms with Crippen molar-refractivity contribution < 1.29 is 17.9 Å². The predicted octanol–water partition coefficient (Wildman–Crippen LogP) is 3.48. The smallest absolute Gasteiger partial charge is 0.419 e. The molecule has 0 aliphatic heterocycles. The van der Waals surface area contributed by atoms with Gasteiger partial charge in [-0.25, -0.2) is 0 Å². The van der Waals surface area contributed by atoms with E-state index in [0.717, 1.165) is 24.5 Å². The highest BCUT2D eigenvalue weighted by molar-refractivity contribution is 5.44. The highest BCUT2D eigenvalue weighted by Crippen LogP contribution is 2.50. The zero-order chi connectivity index (χ0) is 14.5. The number of rotatable bonds is 3. The highest BCUT2D eigenvalue weighted by Gasteiger charge is 2.52. The van der Waals surface area contributed by atoms with Gasteiger partial charge in [-0.2, -0.15) is 13.2 Å². The quantitative estimate of drug-likeness (QED) is 0.915. The van der Waals surface area contributed by atoms with E-state index in [1.165, 1.54) is 19.2 Å². The van der Waals surface area contributed by atoms with Gasteiger partial charge in [0.2, 0.25) is 0 Å². The number of benzene rings is 1. The number of alkyl halides is 3. The lowest BCUT2D eigenvalue weighted by molar-refractivity contribution is -0.138. The molecule has 0 radical (unpaired) electrons. The maximum absolute atomic E-state index is 12.8. The van der Waals surface area contributed by atoms with E-state index < -0.39 is 11.7 Å². The van der Waals surface area contributed by atoms with Crippen molar-refractivity contribution in [2.45, 2.75) is 43.8 Å². The van der Waals surface area contributed by atoms with Gasteiger partial charge in [-0.1, -0.05) is 19.9 Å². The highest BCUT2D eigenvalue weighted by atomic mass is 19.4. The summed E-state index contributed by atoms with van der Waals surface area (Å²) in [4.78, 5) is 0. The van der Waals surface area contributed by atoms with Crippen LogP contribution in [0.15, 0.2) is 18.2 Å². The van der Waals surface area contributed by atoms with Gasteiger partial charge in [0, 0.05) is 11.0 Å². The molecule has 1 saturated carbocycles. The minimum absolute atomic E-state index is 0.151. The first-order chi connectivity index (χ1) is 8.62. The Kier molecular flexibility index (Phi) is 3.08. The molecule has 5 heteroatoms. The summed E-state index contributed by atoms with van der Waals surface area (Å²) < 4.78 is 43.3. The fourth-order valence-electron chi connectivity index (χ4n) is 2.36. The van der Waals surface area contributed by atoms with Crippen LogP contribution in [0.4, 0.5) is 13.2 Å². The average molecular weight is 273 g/mol. The molecule has 1 aromatic carbocycles. The third-order valence-corrected chi connectivity index (χ3v) is 4.26. The lowest BCUT2D eigenvalue weighted by atomic mass is 9.75. The molecule has 0 bridgehead atoms. The maximum Gasteiger partial charge on any atom is 0.419 e. The van der Waals surface area contributed by atoms with Crippen molar-refractivity contribution in [1.82, 2.24) is 0 Å². The summed E-state index contributed by atoms with van der Waals surface area (Å²) in [7, 11) is 1.25. The Hall–Kier alpha value is -1.23. The zero-order valence-electron chi connectivity index (χ0n) is 11.3. The van der Waals surface area contributed by atoms with Gasteiger partial charge in [-0.3, -0.25) is 0 Å². The third kappa shape index (κ3) is 2.31. The maximum atomic E-state index is 12.8. The van der Waals surface area contributed by atoms with Gasteiger partial charge in [-0.15, -0.1) is 0 Å². The first-order valence-electron chi connectivity index (χ1n) is 6.16. The summed E-state index contributed by atoms with van der Waals surface area (Å²) in [5.74, 6) is -0.151. The minimum Gasteiger partial charge on any atom is -0.496 e. The summed E-state index contributed by atoms with van der Waals surface area (Å²) in [6.07, 6.45) is -2.62. The molecule has 1 aromatic rings. The summed E-state index contributed by atoms with van der Waals surface area (Å²) in [5, 5.41) is 0. The van der Waals surface area contributed by atoms with E-state index in [2.05, 4.69) is 0 Å². The molecule has 2 nitrogen and oxygen atoms in total. The van der Waals surface area contributed by atoms with Crippen LogP contribution in [0.2, 0.25) is 0 Å². The third-order valence-electron chi connectivity index (χ3n) is 4.26. The Balaban J connectivity index is 2.45. The molecule has 1 aliphatic carbocycles. The second-order valence-corrected chi connectivity index (χ2v) is 5.69. The van der Waals surface area contributed by atoms with Gasteiger partial charge in [-0.05, 0) is 30.5 Å². The van der Waals surface area contributed by atoms with E-state index in [1.807, 2.05) is 13.8 Å². The van der Waals surface area contributed by atoms with Crippen molar-refractivity contribution in [1.29, 1.82) is 0 Å². The van der Waals surface area contributed by atoms with Gasteiger partial charge in [0.1, 0.15) is 5.75 Å². The molecule has 1 aliphatic rings. The first-order valence-corrected chi connectivity index (χ1v) is 6.16. The van der Waals surface area contributed by atoms with E-state index in [4.69, 9.17) is 10.5 Å². The van der Waals surface area contributed by atoms with E-state index in [-0.39, 0.29) is 16.7 Å². The van der Waals surface area contributed by atoms with Crippen molar-refractivity contribution in [3.8, 4) is 5.75 Å². The Morgan fingerprint density at radius 3 is 2.21 bits per heavy atom. The van der Waals surface area contributed by atoms with Crippen molar-refractivity contribution in [3.63, 3.8) is 0 Å². The van der Waals surface area contributed by atoms with Gasteiger partial charge in [0.05, 0.1) is 12.7 Å². The molecule has 0 aromatic heterocycles. The van der Waals surface area contributed by atoms with Gasteiger partial charge in [0.25, 0.3) is 0 Å². The van der Waals surface area contributed by atoms with Crippen LogP contribution in [0.1, 0.15) is 37.8 Å². The summed E-state index contributed by atoms with van der Waals surface area (Å²) >= 11 is 0. The Morgan fingerprint density at radius 1 is 1.21 bits per heavy atom. The minimum atomic E-state index is -4.41. The molecule has 0 spiro atoms. The predicted molar refractivity (Wildman–Crippen MR) is 67.2 cm³/mol. The first kappa shape index (κ1) is 14.2. The number of methoxy groups -OCH3 is 1. The molecule has 0 unspecified atom stereocenters. The Morgan fingerprint density at radius 2 is 1.79 bits per heavy atom. The number of hydrogen-bond acceptors (Lipinski definition) is 2. The van der Waals surface area contributed by atoms with Crippen molar-refractivity contribution >= 4 is 0 Å². The van der Waals surface area contributed by atoms with Crippen LogP contribution in [0.25, 0.3) is 0 Å². The fourth-order valence-corrected chi connectivity index (χ4v) is 2.36. The second-order valence-electron chi connectivity index (χ2n) is 5.69. The lowest BCUT2D eigenvalue weighted by Gasteiger charge is -2.33. The molecule has 0 atom stereocenters. The summed E-state index contributed by atoms with van der Waals surface area (Å²) in [5.41, 5.74) is 5.54. The fraction of sp³-hybridized carbons (Fsp3) is 0.571. The van der Waals surface area contributed by atoms with Crippen molar-refractivity contribution in [2.75, 3.05) is 7.11 Å². The van der Waals surface area contributed by atoms with Crippen LogP contribution < -0.4 is 10.5 Å². The molecule has 106 valence electrons. The van der Waals surface area contributed by atoms with Crippen molar-refractivity contribution in [2.24, 2.45) is 5.73 Å². The van der Waals surface area contributed by atoms with Crippen LogP contribution in [-0.2, 0) is 11.6 Å². The standard InChI is InChI=1S/C14H18F3NO/c1-12(2,13(18)6-7-13)9-4-5-10(14(15,16)17)11(8-9)19-3/h4-5,8H,6-7,18H2,1-3H3. The normalized spacial score (nSPS) is 18.3. The molecule has 2 rings (SSSR count). The molecule has 0 saturated heterocycles. The van der Waals surface area contributed by atoms with E-state index in [9.17, 15) is 13.2 Å². The molecule has 1 fully saturated rings. The van der Waals surface area contributed by atoms with E-state index in [0.29, 0.717) is 0 Å². The monoisotopic (exact) mass is 273 g/mol. The number of hydrogen-bond donors (Lipinski definition) is 1. The zero-order valence-corrected chi connectivity index (χ0v) is 11.3. The van der Waals surface area contributed by atoms with Gasteiger partial charge >= 0.3 is 6.18 Å². The number of halogens is 3. The van der Waals surface area contributed by atoms with Gasteiger partial charge < -0.3 is 10.5 Å². The summed E-state index contributed by atoms with van der Waals surface area (Å²) in [6, 6.07) is 4.02. The molecule has 0 heterocycles. The van der Waals surface area contributed by atoms with E-state index in [1.54, 1.807) is 0 Å². The molecule has 2 N–H and O–H groups in total. The van der Waals surface area contributed by atoms with Crippen LogP contribution >= 0.6 is 0 Å². The van der Waals surface area contributed by atoms with Crippen LogP contribution in [0.3, 0.4) is 0 Å². The number of nitrogens with two attached hydrogens (primary N) is 1. The lowest BCUT2D eigenvalue weighted by Crippen LogP contribution is -2.43. The molecular weight excluding hydrogens is 255 g/mol. The van der Waals surface area contributed by atoms with Gasteiger partial charge in [0.15, 0.2) is 0 Å². The van der Waals surface area contributed by atoms with Crippen molar-refractivity contribution in [3.05, 3.63) is 29.3 Å². The Labute approximate surface area is 110 Å². The topological polar surface area (TPSA) is 35.2 Å². The SMILES string of the molecule is COc1cc(C(C)(C)C2(N)CC2)ccc1C(F)(F)F. The van der Waals surface area contributed by atoms with Crippen LogP contribution in [-0.4, -0.2) is 12.6 Å². The molecule has 19 heavy (non-hydrogen) atoms. The average Bonchev–Trinajstić information content (AvgIpc) is 3.07. The second kappa shape index (κ2) is 4.13. The summed E-state index contributed by atoms with van der Waals surface area (Å²) in [6.45, 7) is 3.92. The molecule has 0 amide bonds. The van der Waals surface area contributed by atoms with E-state index >= 15 is 0 Å². The van der Waals surface area contributed by atoms with Crippen LogP contribution in [0, 0.1) is 0 Å². The Bertz CT molecular complexity index is 490. The number of ether oxygens (including phenoxy) is 1. The van der Waals surface area contributed by atoms with Crippen LogP contribution in [0.5, 0.6) is 5.75 Å². The largest absolute Gasteiger partial charge is 0.496 e. The molecular formula is C14H18F3NO.